The van der Waals surface area contributed by atoms with Crippen LogP contribution in [0.15, 0.2) is 30.3 Å². The zero-order chi connectivity index (χ0) is 13.3. The molecule has 0 spiro atoms. The molecule has 18 heavy (non-hydrogen) atoms. The molecule has 0 fully saturated rings. The number of hydrogen-bond donors (Lipinski definition) is 1. The monoisotopic (exact) mass is 257 g/mol. The SMILES string of the molecule is O=[N+]([O-])c1ccc(-c2cc(C(F)(F)F)n[nH]2)cc1. The van der Waals surface area contributed by atoms with Crippen molar-refractivity contribution in [2.24, 2.45) is 0 Å². The molecule has 5 nitrogen and oxygen atoms in total. The fourth-order valence-corrected chi connectivity index (χ4v) is 1.38. The van der Waals surface area contributed by atoms with Crippen LogP contribution in [0, 0.1) is 10.1 Å². The summed E-state index contributed by atoms with van der Waals surface area (Å²) < 4.78 is 36.9. The standard InChI is InChI=1S/C10H6F3N3O2/c11-10(12,13)9-5-8(14-15-9)6-1-3-7(4-2-6)16(17)18/h1-5H,(H,14,15). The van der Waals surface area contributed by atoms with Gasteiger partial charge in [-0.05, 0) is 18.2 Å². The molecule has 8 heteroatoms. The van der Waals surface area contributed by atoms with E-state index in [0.717, 1.165) is 6.07 Å². The van der Waals surface area contributed by atoms with Gasteiger partial charge in [-0.15, -0.1) is 0 Å². The molecule has 0 saturated heterocycles. The van der Waals surface area contributed by atoms with Crippen LogP contribution in [0.5, 0.6) is 0 Å². The topological polar surface area (TPSA) is 71.8 Å². The summed E-state index contributed by atoms with van der Waals surface area (Å²) in [5.74, 6) is 0. The van der Waals surface area contributed by atoms with Gasteiger partial charge in [-0.25, -0.2) is 0 Å². The molecule has 0 saturated carbocycles. The van der Waals surface area contributed by atoms with Crippen molar-refractivity contribution in [1.29, 1.82) is 0 Å². The first-order valence-corrected chi connectivity index (χ1v) is 4.75. The van der Waals surface area contributed by atoms with E-state index in [-0.39, 0.29) is 11.4 Å². The summed E-state index contributed by atoms with van der Waals surface area (Å²) in [5.41, 5.74) is -0.619. The van der Waals surface area contributed by atoms with Crippen LogP contribution < -0.4 is 0 Å². The maximum atomic E-state index is 12.3. The third-order valence-corrected chi connectivity index (χ3v) is 2.26. The normalized spacial score (nSPS) is 11.5. The van der Waals surface area contributed by atoms with Crippen molar-refractivity contribution in [2.75, 3.05) is 0 Å². The van der Waals surface area contributed by atoms with Crippen molar-refractivity contribution >= 4 is 5.69 Å². The first-order chi connectivity index (χ1) is 8.38. The Hall–Kier alpha value is -2.38. The molecule has 0 amide bonds. The average molecular weight is 257 g/mol. The van der Waals surface area contributed by atoms with Crippen LogP contribution in [-0.2, 0) is 6.18 Å². The van der Waals surface area contributed by atoms with Crippen LogP contribution in [0.4, 0.5) is 18.9 Å². The summed E-state index contributed by atoms with van der Waals surface area (Å²) in [6.45, 7) is 0. The highest BCUT2D eigenvalue weighted by Gasteiger charge is 2.33. The van der Waals surface area contributed by atoms with E-state index in [0.29, 0.717) is 5.56 Å². The number of nitro groups is 1. The summed E-state index contributed by atoms with van der Waals surface area (Å²) in [7, 11) is 0. The van der Waals surface area contributed by atoms with Crippen LogP contribution >= 0.6 is 0 Å². The lowest BCUT2D eigenvalue weighted by Crippen LogP contribution is -2.04. The van der Waals surface area contributed by atoms with E-state index in [1.165, 1.54) is 24.3 Å². The number of halogens is 3. The van der Waals surface area contributed by atoms with E-state index in [1.54, 1.807) is 0 Å². The Morgan fingerprint density at radius 3 is 2.28 bits per heavy atom. The van der Waals surface area contributed by atoms with Crippen molar-refractivity contribution in [3.63, 3.8) is 0 Å². The van der Waals surface area contributed by atoms with Gasteiger partial charge in [0.2, 0.25) is 0 Å². The molecular weight excluding hydrogens is 251 g/mol. The third kappa shape index (κ3) is 2.31. The van der Waals surface area contributed by atoms with E-state index >= 15 is 0 Å². The first-order valence-electron chi connectivity index (χ1n) is 4.75. The lowest BCUT2D eigenvalue weighted by Gasteiger charge is -1.99. The fourth-order valence-electron chi connectivity index (χ4n) is 1.38. The molecule has 0 aliphatic heterocycles. The molecule has 0 aliphatic rings. The predicted octanol–water partition coefficient (Wildman–Crippen LogP) is 3.00. The Balaban J connectivity index is 2.32. The summed E-state index contributed by atoms with van der Waals surface area (Å²) in [6.07, 6.45) is -4.52. The van der Waals surface area contributed by atoms with Crippen LogP contribution in [0.1, 0.15) is 5.69 Å². The van der Waals surface area contributed by atoms with E-state index in [1.807, 2.05) is 0 Å². The number of aromatic amines is 1. The van der Waals surface area contributed by atoms with Crippen molar-refractivity contribution < 1.29 is 18.1 Å². The summed E-state index contributed by atoms with van der Waals surface area (Å²) >= 11 is 0. The smallest absolute Gasteiger partial charge is 0.277 e. The molecule has 0 unspecified atom stereocenters. The van der Waals surface area contributed by atoms with Crippen molar-refractivity contribution in [3.05, 3.63) is 46.1 Å². The predicted molar refractivity (Wildman–Crippen MR) is 55.7 cm³/mol. The van der Waals surface area contributed by atoms with Crippen molar-refractivity contribution in [1.82, 2.24) is 10.2 Å². The zero-order valence-corrected chi connectivity index (χ0v) is 8.73. The zero-order valence-electron chi connectivity index (χ0n) is 8.73. The van der Waals surface area contributed by atoms with Gasteiger partial charge >= 0.3 is 6.18 Å². The Morgan fingerprint density at radius 1 is 1.22 bits per heavy atom. The van der Waals surface area contributed by atoms with Gasteiger partial charge in [0.15, 0.2) is 5.69 Å². The maximum absolute atomic E-state index is 12.3. The Kier molecular flexibility index (Phi) is 2.77. The number of H-pyrrole nitrogens is 1. The average Bonchev–Trinajstić information content (AvgIpc) is 2.78. The van der Waals surface area contributed by atoms with Gasteiger partial charge in [0.1, 0.15) is 0 Å². The highest BCUT2D eigenvalue weighted by atomic mass is 19.4. The number of nitrogens with zero attached hydrogens (tertiary/aromatic N) is 2. The van der Waals surface area contributed by atoms with Gasteiger partial charge in [-0.1, -0.05) is 0 Å². The van der Waals surface area contributed by atoms with E-state index in [2.05, 4.69) is 10.2 Å². The lowest BCUT2D eigenvalue weighted by atomic mass is 10.1. The number of nitro benzene ring substituents is 1. The number of rotatable bonds is 2. The molecule has 1 aromatic heterocycles. The summed E-state index contributed by atoms with van der Waals surface area (Å²) in [6, 6.07) is 5.98. The minimum absolute atomic E-state index is 0.130. The summed E-state index contributed by atoms with van der Waals surface area (Å²) in [4.78, 5) is 9.84. The van der Waals surface area contributed by atoms with Crippen LogP contribution in [0.2, 0.25) is 0 Å². The number of non-ortho nitro benzene ring substituents is 1. The summed E-state index contributed by atoms with van der Waals surface area (Å²) in [5, 5.41) is 15.8. The van der Waals surface area contributed by atoms with Crippen LogP contribution in [-0.4, -0.2) is 15.1 Å². The van der Waals surface area contributed by atoms with Crippen LogP contribution in [0.3, 0.4) is 0 Å². The number of nitrogens with one attached hydrogen (secondary N) is 1. The van der Waals surface area contributed by atoms with Gasteiger partial charge in [-0.3, -0.25) is 15.2 Å². The van der Waals surface area contributed by atoms with E-state index in [9.17, 15) is 23.3 Å². The molecule has 2 aromatic rings. The maximum Gasteiger partial charge on any atom is 0.435 e. The first kappa shape index (κ1) is 12.1. The second kappa shape index (κ2) is 4.13. The van der Waals surface area contributed by atoms with Crippen molar-refractivity contribution in [3.8, 4) is 11.3 Å². The Morgan fingerprint density at radius 2 is 1.83 bits per heavy atom. The molecule has 0 aliphatic carbocycles. The molecule has 1 N–H and O–H groups in total. The molecule has 94 valence electrons. The quantitative estimate of drug-likeness (QED) is 0.664. The molecule has 1 heterocycles. The van der Waals surface area contributed by atoms with Gasteiger partial charge in [-0.2, -0.15) is 18.3 Å². The highest BCUT2D eigenvalue weighted by Crippen LogP contribution is 2.30. The number of benzene rings is 1. The molecule has 2 rings (SSSR count). The van der Waals surface area contributed by atoms with Gasteiger partial charge in [0, 0.05) is 17.7 Å². The molecule has 0 atom stereocenters. The molecule has 0 bridgehead atoms. The van der Waals surface area contributed by atoms with Gasteiger partial charge < -0.3 is 0 Å². The largest absolute Gasteiger partial charge is 0.435 e. The second-order valence-corrected chi connectivity index (χ2v) is 3.47. The number of hydrogen-bond acceptors (Lipinski definition) is 3. The third-order valence-electron chi connectivity index (χ3n) is 2.26. The Labute approximate surface area is 98.4 Å². The van der Waals surface area contributed by atoms with E-state index in [4.69, 9.17) is 0 Å². The lowest BCUT2D eigenvalue weighted by molar-refractivity contribution is -0.384. The Bertz CT molecular complexity index is 575. The number of aromatic nitrogens is 2. The van der Waals surface area contributed by atoms with Gasteiger partial charge in [0.25, 0.3) is 5.69 Å². The minimum Gasteiger partial charge on any atom is -0.277 e. The van der Waals surface area contributed by atoms with Crippen molar-refractivity contribution in [2.45, 2.75) is 6.18 Å². The molecule has 1 aromatic carbocycles. The minimum atomic E-state index is -4.52. The second-order valence-electron chi connectivity index (χ2n) is 3.47. The fraction of sp³-hybridized carbons (Fsp3) is 0.100. The van der Waals surface area contributed by atoms with Crippen LogP contribution in [0.25, 0.3) is 11.3 Å². The van der Waals surface area contributed by atoms with E-state index < -0.39 is 16.8 Å². The highest BCUT2D eigenvalue weighted by molar-refractivity contribution is 5.61. The molecule has 0 radical (unpaired) electrons. The molecular formula is C10H6F3N3O2. The van der Waals surface area contributed by atoms with Gasteiger partial charge in [0.05, 0.1) is 10.6 Å². The number of alkyl halides is 3.